The summed E-state index contributed by atoms with van der Waals surface area (Å²) in [5.41, 5.74) is 2.98. The number of aromatic nitrogens is 1. The molecule has 1 aromatic rings. The second kappa shape index (κ2) is 12.1. The van der Waals surface area contributed by atoms with E-state index in [4.69, 9.17) is 4.99 Å². The van der Waals surface area contributed by atoms with Crippen molar-refractivity contribution in [3.05, 3.63) is 59.0 Å². The molecule has 1 atom stereocenters. The molecule has 3 amide bonds. The molecule has 0 spiro atoms. The molecule has 0 aromatic carbocycles. The number of nitrogens with zero attached hydrogens (tertiary/aromatic N) is 4. The third kappa shape index (κ3) is 6.92. The van der Waals surface area contributed by atoms with Crippen LogP contribution in [0.25, 0.3) is 0 Å². The Balaban J connectivity index is 1.47. The predicted octanol–water partition coefficient (Wildman–Crippen LogP) is 3.42. The van der Waals surface area contributed by atoms with Gasteiger partial charge in [-0.15, -0.1) is 11.3 Å². The first kappa shape index (κ1) is 25.8. The van der Waals surface area contributed by atoms with Crippen LogP contribution >= 0.6 is 11.3 Å². The van der Waals surface area contributed by atoms with Crippen LogP contribution in [0.2, 0.25) is 0 Å². The minimum absolute atomic E-state index is 0.0194. The van der Waals surface area contributed by atoms with Crippen molar-refractivity contribution < 1.29 is 9.59 Å². The summed E-state index contributed by atoms with van der Waals surface area (Å²) in [7, 11) is 0. The number of hydrogen-bond acceptors (Lipinski definition) is 7. The maximum absolute atomic E-state index is 12.2. The summed E-state index contributed by atoms with van der Waals surface area (Å²) in [5, 5.41) is 10.0. The van der Waals surface area contributed by atoms with Crippen molar-refractivity contribution in [1.29, 1.82) is 0 Å². The van der Waals surface area contributed by atoms with Crippen LogP contribution in [0.1, 0.15) is 31.1 Å². The fraction of sp³-hybridized carbons (Fsp3) is 0.462. The van der Waals surface area contributed by atoms with Gasteiger partial charge in [0.25, 0.3) is 0 Å². The molecule has 2 aliphatic heterocycles. The monoisotopic (exact) mass is 509 g/mol. The van der Waals surface area contributed by atoms with E-state index >= 15 is 0 Å². The maximum atomic E-state index is 12.2. The average Bonchev–Trinajstić information content (AvgIpc) is 3.28. The van der Waals surface area contributed by atoms with Crippen molar-refractivity contribution in [3.8, 4) is 0 Å². The number of aryl methyl sites for hydroxylation is 1. The molecule has 4 rings (SSSR count). The van der Waals surface area contributed by atoms with Crippen molar-refractivity contribution >= 4 is 34.1 Å². The lowest BCUT2D eigenvalue weighted by Crippen LogP contribution is -2.52. The van der Waals surface area contributed by atoms with E-state index in [1.165, 1.54) is 6.08 Å². The number of carbonyl (C=O) groups excluding carboxylic acids is 2. The highest BCUT2D eigenvalue weighted by molar-refractivity contribution is 7.15. The fourth-order valence-corrected chi connectivity index (χ4v) is 5.28. The summed E-state index contributed by atoms with van der Waals surface area (Å²) >= 11 is 1.60. The van der Waals surface area contributed by atoms with Crippen molar-refractivity contribution in [2.45, 2.75) is 33.1 Å². The lowest BCUT2D eigenvalue weighted by molar-refractivity contribution is -0.115. The van der Waals surface area contributed by atoms with Gasteiger partial charge in [0.2, 0.25) is 5.91 Å². The van der Waals surface area contributed by atoms with E-state index in [9.17, 15) is 9.59 Å². The molecule has 0 radical (unpaired) electrons. The van der Waals surface area contributed by atoms with Crippen LogP contribution in [-0.4, -0.2) is 71.7 Å². The number of carbonyl (C=O) groups is 2. The molecular formula is C26H35N7O2S. The van der Waals surface area contributed by atoms with Gasteiger partial charge in [-0.25, -0.2) is 14.8 Å². The molecule has 9 nitrogen and oxygen atoms in total. The molecule has 1 aromatic heterocycles. The Kier molecular flexibility index (Phi) is 8.71. The maximum Gasteiger partial charge on any atom is 0.317 e. The molecule has 3 N–H and O–H groups in total. The molecule has 36 heavy (non-hydrogen) atoms. The van der Waals surface area contributed by atoms with Gasteiger partial charge in [0.15, 0.2) is 5.13 Å². The van der Waals surface area contributed by atoms with E-state index in [1.807, 2.05) is 37.1 Å². The number of hydrogen-bond donors (Lipinski definition) is 3. The van der Waals surface area contributed by atoms with E-state index < -0.39 is 0 Å². The van der Waals surface area contributed by atoms with Gasteiger partial charge in [-0.3, -0.25) is 9.69 Å². The highest BCUT2D eigenvalue weighted by Crippen LogP contribution is 2.28. The lowest BCUT2D eigenvalue weighted by Gasteiger charge is -2.36. The molecule has 0 saturated carbocycles. The van der Waals surface area contributed by atoms with Crippen LogP contribution < -0.4 is 16.0 Å². The first-order valence-electron chi connectivity index (χ1n) is 12.5. The third-order valence-electron chi connectivity index (χ3n) is 6.37. The Morgan fingerprint density at radius 2 is 2.08 bits per heavy atom. The average molecular weight is 510 g/mol. The summed E-state index contributed by atoms with van der Waals surface area (Å²) in [6.07, 6.45) is 12.0. The molecule has 0 bridgehead atoms. The zero-order valence-electron chi connectivity index (χ0n) is 21.0. The third-order valence-corrected chi connectivity index (χ3v) is 7.20. The molecule has 1 unspecified atom stereocenters. The highest BCUT2D eigenvalue weighted by Gasteiger charge is 2.26. The lowest BCUT2D eigenvalue weighted by atomic mass is 9.89. The number of thiazole rings is 1. The quantitative estimate of drug-likeness (QED) is 0.466. The van der Waals surface area contributed by atoms with Crippen LogP contribution in [0.15, 0.2) is 59.2 Å². The topological polar surface area (TPSA) is 102 Å². The Labute approximate surface area is 216 Å². The Bertz CT molecular complexity index is 1110. The predicted molar refractivity (Wildman–Crippen MR) is 145 cm³/mol. The second-order valence-electron chi connectivity index (χ2n) is 9.16. The minimum atomic E-state index is -0.213. The Morgan fingerprint density at radius 1 is 1.28 bits per heavy atom. The van der Waals surface area contributed by atoms with Crippen LogP contribution in [0.3, 0.4) is 0 Å². The molecular weight excluding hydrogens is 474 g/mol. The van der Waals surface area contributed by atoms with Crippen molar-refractivity contribution in [3.63, 3.8) is 0 Å². The molecule has 3 heterocycles. The number of anilines is 1. The number of nitrogens with one attached hydrogen (secondary N) is 3. The fourth-order valence-electron chi connectivity index (χ4n) is 4.61. The normalized spacial score (nSPS) is 20.5. The van der Waals surface area contributed by atoms with Gasteiger partial charge in [-0.1, -0.05) is 12.7 Å². The van der Waals surface area contributed by atoms with Gasteiger partial charge >= 0.3 is 6.03 Å². The zero-order chi connectivity index (χ0) is 25.5. The van der Waals surface area contributed by atoms with E-state index in [1.54, 1.807) is 11.3 Å². The van der Waals surface area contributed by atoms with Gasteiger partial charge < -0.3 is 20.9 Å². The summed E-state index contributed by atoms with van der Waals surface area (Å²) in [6, 6.07) is 0.0194. The van der Waals surface area contributed by atoms with Gasteiger partial charge in [-0.2, -0.15) is 0 Å². The summed E-state index contributed by atoms with van der Waals surface area (Å²) < 4.78 is 0. The number of piperazine rings is 1. The summed E-state index contributed by atoms with van der Waals surface area (Å²) in [4.78, 5) is 38.8. The number of amides is 3. The van der Waals surface area contributed by atoms with Crippen molar-refractivity contribution in [1.82, 2.24) is 25.4 Å². The van der Waals surface area contributed by atoms with E-state index in [2.05, 4.69) is 38.5 Å². The largest absolute Gasteiger partial charge is 0.338 e. The SMILES string of the molecule is C=CC(=O)NC1=CCCC(C2=NC(Nc3ncc(C)s3)=CC(CN3CCN(C(=O)NCC)CC3)C2)=C1. The highest BCUT2D eigenvalue weighted by atomic mass is 32.1. The van der Waals surface area contributed by atoms with Gasteiger partial charge in [-0.05, 0) is 62.8 Å². The number of rotatable bonds is 8. The second-order valence-corrected chi connectivity index (χ2v) is 10.4. The molecule has 1 aliphatic carbocycles. The first-order valence-corrected chi connectivity index (χ1v) is 13.3. The molecule has 1 fully saturated rings. The van der Waals surface area contributed by atoms with Crippen LogP contribution in [-0.2, 0) is 4.79 Å². The smallest absolute Gasteiger partial charge is 0.317 e. The molecule has 10 heteroatoms. The number of urea groups is 1. The van der Waals surface area contributed by atoms with Crippen LogP contribution in [0, 0.1) is 12.8 Å². The number of allylic oxidation sites excluding steroid dienone is 3. The molecule has 3 aliphatic rings. The van der Waals surface area contributed by atoms with Gasteiger partial charge in [0, 0.05) is 61.8 Å². The Hall–Kier alpha value is -3.24. The van der Waals surface area contributed by atoms with Crippen molar-refractivity contribution in [2.75, 3.05) is 44.6 Å². The van der Waals surface area contributed by atoms with Crippen LogP contribution in [0.5, 0.6) is 0 Å². The first-order chi connectivity index (χ1) is 17.4. The summed E-state index contributed by atoms with van der Waals surface area (Å²) in [5.74, 6) is 0.870. The number of aliphatic imine (C=N–C) groups is 1. The molecule has 1 saturated heterocycles. The van der Waals surface area contributed by atoms with E-state index in [0.29, 0.717) is 6.54 Å². The molecule has 192 valence electrons. The Morgan fingerprint density at radius 3 is 2.78 bits per heavy atom. The van der Waals surface area contributed by atoms with E-state index in [-0.39, 0.29) is 17.9 Å². The van der Waals surface area contributed by atoms with Gasteiger partial charge in [0.05, 0.1) is 0 Å². The summed E-state index contributed by atoms with van der Waals surface area (Å²) in [6.45, 7) is 12.2. The van der Waals surface area contributed by atoms with Gasteiger partial charge in [0.1, 0.15) is 5.82 Å². The van der Waals surface area contributed by atoms with Crippen LogP contribution in [0.4, 0.5) is 9.93 Å². The standard InChI is InChI=1S/C26H35N7O2S/c1-4-24(34)29-21-8-6-7-20(15-21)22-13-19(14-23(30-22)31-25-28-16-18(3)36-25)17-32-9-11-33(12-10-32)26(35)27-5-2/h4,8,14-16,19H,1,5-7,9-13,17H2,2-3H3,(H,27,35)(H,28,31)(H,29,34). The van der Waals surface area contributed by atoms with Crippen molar-refractivity contribution in [2.24, 2.45) is 10.9 Å². The van der Waals surface area contributed by atoms with E-state index in [0.717, 1.165) is 84.8 Å². The zero-order valence-corrected chi connectivity index (χ0v) is 21.9. The minimum Gasteiger partial charge on any atom is -0.338 e.